The molecular weight excluding hydrogens is 279 g/mol. The molecule has 1 atom stereocenters. The Kier molecular flexibility index (Phi) is 7.20. The number of benzene rings is 1. The van der Waals surface area contributed by atoms with E-state index in [9.17, 15) is 5.11 Å². The van der Waals surface area contributed by atoms with Gasteiger partial charge >= 0.3 is 0 Å². The Morgan fingerprint density at radius 2 is 1.74 bits per heavy atom. The van der Waals surface area contributed by atoms with Crippen LogP contribution >= 0.6 is 23.2 Å². The second-order valence-corrected chi connectivity index (χ2v) is 6.33. The van der Waals surface area contributed by atoms with E-state index >= 15 is 0 Å². The maximum absolute atomic E-state index is 9.89. The van der Waals surface area contributed by atoms with Crippen LogP contribution in [-0.2, 0) is 6.42 Å². The Labute approximate surface area is 126 Å². The monoisotopic (exact) mass is 302 g/mol. The summed E-state index contributed by atoms with van der Waals surface area (Å²) < 4.78 is 0. The largest absolute Gasteiger partial charge is 0.390 e. The van der Waals surface area contributed by atoms with Gasteiger partial charge in [-0.05, 0) is 50.3 Å². The smallest absolute Gasteiger partial charge is 0.0617 e. The molecule has 1 nitrogen and oxygen atoms in total. The maximum Gasteiger partial charge on any atom is 0.0617 e. The SMILES string of the molecule is CCC(C)(O)CCCCCCc1ccc(Cl)c(Cl)c1. The summed E-state index contributed by atoms with van der Waals surface area (Å²) in [4.78, 5) is 0. The third-order valence-electron chi connectivity index (χ3n) is 3.68. The number of aliphatic hydroxyl groups is 1. The van der Waals surface area contributed by atoms with Crippen molar-refractivity contribution in [2.45, 2.75) is 64.4 Å². The second kappa shape index (κ2) is 8.14. The molecule has 1 unspecified atom stereocenters. The van der Waals surface area contributed by atoms with Crippen LogP contribution in [0.15, 0.2) is 18.2 Å². The summed E-state index contributed by atoms with van der Waals surface area (Å²) >= 11 is 11.9. The Hall–Kier alpha value is -0.240. The molecule has 1 aromatic rings. The molecule has 0 aliphatic rings. The topological polar surface area (TPSA) is 20.2 Å². The molecule has 0 aliphatic heterocycles. The third-order valence-corrected chi connectivity index (χ3v) is 4.42. The molecule has 0 saturated heterocycles. The van der Waals surface area contributed by atoms with Gasteiger partial charge in [-0.3, -0.25) is 0 Å². The zero-order valence-electron chi connectivity index (χ0n) is 11.9. The molecule has 0 aromatic heterocycles. The van der Waals surface area contributed by atoms with Gasteiger partial charge in [0.05, 0.1) is 15.6 Å². The van der Waals surface area contributed by atoms with Gasteiger partial charge in [0.1, 0.15) is 0 Å². The number of unbranched alkanes of at least 4 members (excludes halogenated alkanes) is 3. The highest BCUT2D eigenvalue weighted by Crippen LogP contribution is 2.24. The van der Waals surface area contributed by atoms with Crippen molar-refractivity contribution in [2.75, 3.05) is 0 Å². The quantitative estimate of drug-likeness (QED) is 0.615. The average molecular weight is 303 g/mol. The molecule has 0 heterocycles. The minimum atomic E-state index is -0.482. The lowest BCUT2D eigenvalue weighted by molar-refractivity contribution is 0.0442. The minimum Gasteiger partial charge on any atom is -0.390 e. The van der Waals surface area contributed by atoms with Crippen molar-refractivity contribution in [1.82, 2.24) is 0 Å². The molecule has 1 N–H and O–H groups in total. The molecule has 0 amide bonds. The fraction of sp³-hybridized carbons (Fsp3) is 0.625. The highest BCUT2D eigenvalue weighted by atomic mass is 35.5. The number of halogens is 2. The van der Waals surface area contributed by atoms with E-state index in [0.717, 1.165) is 32.1 Å². The van der Waals surface area contributed by atoms with Crippen molar-refractivity contribution < 1.29 is 5.11 Å². The lowest BCUT2D eigenvalue weighted by atomic mass is 9.95. The lowest BCUT2D eigenvalue weighted by Gasteiger charge is -2.20. The average Bonchev–Trinajstić information content (AvgIpc) is 2.37. The first kappa shape index (κ1) is 16.8. The molecule has 3 heteroatoms. The molecule has 0 fully saturated rings. The van der Waals surface area contributed by atoms with E-state index < -0.39 is 5.60 Å². The number of rotatable bonds is 8. The van der Waals surface area contributed by atoms with E-state index in [0.29, 0.717) is 10.0 Å². The van der Waals surface area contributed by atoms with E-state index in [4.69, 9.17) is 23.2 Å². The molecule has 0 bridgehead atoms. The number of hydrogen-bond acceptors (Lipinski definition) is 1. The highest BCUT2D eigenvalue weighted by Gasteiger charge is 2.15. The van der Waals surface area contributed by atoms with Crippen LogP contribution in [0.25, 0.3) is 0 Å². The van der Waals surface area contributed by atoms with E-state index in [1.54, 1.807) is 0 Å². The zero-order chi connectivity index (χ0) is 14.3. The van der Waals surface area contributed by atoms with Crippen molar-refractivity contribution >= 4 is 23.2 Å². The van der Waals surface area contributed by atoms with Crippen molar-refractivity contribution in [3.05, 3.63) is 33.8 Å². The van der Waals surface area contributed by atoms with Crippen LogP contribution in [0.1, 0.15) is 57.9 Å². The van der Waals surface area contributed by atoms with Gasteiger partial charge in [-0.1, -0.05) is 55.5 Å². The number of aryl methyl sites for hydroxylation is 1. The van der Waals surface area contributed by atoms with Crippen LogP contribution in [0.3, 0.4) is 0 Å². The third kappa shape index (κ3) is 6.65. The molecule has 0 radical (unpaired) electrons. The predicted octanol–water partition coefficient (Wildman–Crippen LogP) is 5.65. The van der Waals surface area contributed by atoms with E-state index in [1.807, 2.05) is 32.0 Å². The normalized spacial score (nSPS) is 14.4. The van der Waals surface area contributed by atoms with Gasteiger partial charge in [0, 0.05) is 0 Å². The first-order valence-corrected chi connectivity index (χ1v) is 7.86. The standard InChI is InChI=1S/C16H24Cl2O/c1-3-16(2,19)11-7-5-4-6-8-13-9-10-14(17)15(18)12-13/h9-10,12,19H,3-8,11H2,1-2H3. The second-order valence-electron chi connectivity index (χ2n) is 5.51. The van der Waals surface area contributed by atoms with Gasteiger partial charge in [-0.15, -0.1) is 0 Å². The molecule has 1 rings (SSSR count). The first-order valence-electron chi connectivity index (χ1n) is 7.11. The minimum absolute atomic E-state index is 0.482. The highest BCUT2D eigenvalue weighted by molar-refractivity contribution is 6.42. The van der Waals surface area contributed by atoms with Crippen LogP contribution in [0.2, 0.25) is 10.0 Å². The van der Waals surface area contributed by atoms with Crippen molar-refractivity contribution in [1.29, 1.82) is 0 Å². The Bertz CT molecular complexity index is 388. The van der Waals surface area contributed by atoms with Crippen molar-refractivity contribution in [3.63, 3.8) is 0 Å². The van der Waals surface area contributed by atoms with E-state index in [-0.39, 0.29) is 0 Å². The van der Waals surface area contributed by atoms with E-state index in [1.165, 1.54) is 18.4 Å². The van der Waals surface area contributed by atoms with Gasteiger partial charge < -0.3 is 5.11 Å². The first-order chi connectivity index (χ1) is 8.94. The summed E-state index contributed by atoms with van der Waals surface area (Å²) in [5, 5.41) is 11.1. The molecule has 0 saturated carbocycles. The molecule has 0 aliphatic carbocycles. The van der Waals surface area contributed by atoms with Gasteiger partial charge in [0.15, 0.2) is 0 Å². The van der Waals surface area contributed by atoms with Gasteiger partial charge in [0.25, 0.3) is 0 Å². The zero-order valence-corrected chi connectivity index (χ0v) is 13.4. The Morgan fingerprint density at radius 1 is 1.05 bits per heavy atom. The van der Waals surface area contributed by atoms with Crippen LogP contribution in [0, 0.1) is 0 Å². The summed E-state index contributed by atoms with van der Waals surface area (Å²) in [5.41, 5.74) is 0.763. The van der Waals surface area contributed by atoms with Gasteiger partial charge in [0.2, 0.25) is 0 Å². The van der Waals surface area contributed by atoms with Gasteiger partial charge in [-0.25, -0.2) is 0 Å². The lowest BCUT2D eigenvalue weighted by Crippen LogP contribution is -2.22. The van der Waals surface area contributed by atoms with E-state index in [2.05, 4.69) is 0 Å². The molecular formula is C16H24Cl2O. The van der Waals surface area contributed by atoms with Crippen LogP contribution in [0.4, 0.5) is 0 Å². The molecule has 0 spiro atoms. The Morgan fingerprint density at radius 3 is 2.37 bits per heavy atom. The van der Waals surface area contributed by atoms with Crippen LogP contribution in [0.5, 0.6) is 0 Å². The van der Waals surface area contributed by atoms with Crippen molar-refractivity contribution in [3.8, 4) is 0 Å². The number of hydrogen-bond donors (Lipinski definition) is 1. The molecule has 108 valence electrons. The van der Waals surface area contributed by atoms with Crippen LogP contribution < -0.4 is 0 Å². The predicted molar refractivity (Wildman–Crippen MR) is 84.2 cm³/mol. The maximum atomic E-state index is 9.89. The summed E-state index contributed by atoms with van der Waals surface area (Å²) in [6.07, 6.45) is 7.40. The van der Waals surface area contributed by atoms with Crippen LogP contribution in [-0.4, -0.2) is 10.7 Å². The molecule has 19 heavy (non-hydrogen) atoms. The summed E-state index contributed by atoms with van der Waals surface area (Å²) in [7, 11) is 0. The Balaban J connectivity index is 2.16. The summed E-state index contributed by atoms with van der Waals surface area (Å²) in [5.74, 6) is 0. The summed E-state index contributed by atoms with van der Waals surface area (Å²) in [6, 6.07) is 5.85. The van der Waals surface area contributed by atoms with Gasteiger partial charge in [-0.2, -0.15) is 0 Å². The fourth-order valence-electron chi connectivity index (χ4n) is 2.06. The summed E-state index contributed by atoms with van der Waals surface area (Å²) in [6.45, 7) is 3.95. The van der Waals surface area contributed by atoms with Crippen molar-refractivity contribution in [2.24, 2.45) is 0 Å². The fourth-order valence-corrected chi connectivity index (χ4v) is 2.38. The molecule has 1 aromatic carbocycles.